The number of aliphatic hydroxyl groups is 1. The molecule has 0 bridgehead atoms. The van der Waals surface area contributed by atoms with Crippen LogP contribution in [0.5, 0.6) is 0 Å². The Morgan fingerprint density at radius 3 is 2.62 bits per heavy atom. The van der Waals surface area contributed by atoms with Gasteiger partial charge in [-0.05, 0) is 49.6 Å². The van der Waals surface area contributed by atoms with Gasteiger partial charge in [-0.25, -0.2) is 4.39 Å². The first-order valence-corrected chi connectivity index (χ1v) is 10.4. The highest BCUT2D eigenvalue weighted by atomic mass is 35.5. The molecule has 4 rings (SSSR count). The molecule has 3 N–H and O–H groups in total. The standard InChI is InChI=1S/C22H19ClF4N2O3/c23-16-5-4-12(24)9-15(16)19-18-14(21(32)29-19)2-1-3-17(18)28-20(31)10-6-11(22(25,26)27)8-13(30)7-10/h1-5,9-11,13,19,30H,6-8H2,(H,28,31)(H,29,32)/t10-,11+,13+,19-/m0/s1. The van der Waals surface area contributed by atoms with Crippen LogP contribution in [0.25, 0.3) is 0 Å². The molecule has 1 fully saturated rings. The summed E-state index contributed by atoms with van der Waals surface area (Å²) in [6.45, 7) is 0. The molecule has 2 aromatic carbocycles. The van der Waals surface area contributed by atoms with Gasteiger partial charge in [0.1, 0.15) is 5.82 Å². The van der Waals surface area contributed by atoms with Gasteiger partial charge in [0.25, 0.3) is 5.91 Å². The van der Waals surface area contributed by atoms with Gasteiger partial charge >= 0.3 is 6.18 Å². The third-order valence-corrected chi connectivity index (χ3v) is 6.30. The highest BCUT2D eigenvalue weighted by molar-refractivity contribution is 6.31. The average molecular weight is 471 g/mol. The first-order chi connectivity index (χ1) is 15.0. The van der Waals surface area contributed by atoms with Crippen molar-refractivity contribution in [3.63, 3.8) is 0 Å². The number of hydrogen-bond acceptors (Lipinski definition) is 3. The minimum Gasteiger partial charge on any atom is -0.393 e. The quantitative estimate of drug-likeness (QED) is 0.574. The number of carbonyl (C=O) groups excluding carboxylic acids is 2. The smallest absolute Gasteiger partial charge is 0.391 e. The predicted molar refractivity (Wildman–Crippen MR) is 109 cm³/mol. The lowest BCUT2D eigenvalue weighted by atomic mass is 9.79. The Morgan fingerprint density at radius 1 is 1.16 bits per heavy atom. The highest BCUT2D eigenvalue weighted by Crippen LogP contribution is 2.42. The number of benzene rings is 2. The van der Waals surface area contributed by atoms with E-state index < -0.39 is 60.6 Å². The maximum Gasteiger partial charge on any atom is 0.391 e. The Kier molecular flexibility index (Phi) is 5.89. The molecule has 0 saturated heterocycles. The minimum absolute atomic E-state index is 0.0935. The number of alkyl halides is 3. The lowest BCUT2D eigenvalue weighted by Gasteiger charge is -2.33. The van der Waals surface area contributed by atoms with Crippen molar-refractivity contribution in [1.29, 1.82) is 0 Å². The van der Waals surface area contributed by atoms with Crippen LogP contribution in [0.15, 0.2) is 36.4 Å². The average Bonchev–Trinajstić information content (AvgIpc) is 3.06. The van der Waals surface area contributed by atoms with Gasteiger partial charge in [0.15, 0.2) is 0 Å². The van der Waals surface area contributed by atoms with E-state index in [0.717, 1.165) is 0 Å². The molecule has 32 heavy (non-hydrogen) atoms. The zero-order chi connectivity index (χ0) is 23.2. The molecule has 1 saturated carbocycles. The molecule has 2 amide bonds. The highest BCUT2D eigenvalue weighted by Gasteiger charge is 2.46. The molecule has 5 nitrogen and oxygen atoms in total. The van der Waals surface area contributed by atoms with Crippen molar-refractivity contribution in [2.24, 2.45) is 11.8 Å². The molecule has 10 heteroatoms. The van der Waals surface area contributed by atoms with E-state index in [-0.39, 0.29) is 28.3 Å². The van der Waals surface area contributed by atoms with E-state index >= 15 is 0 Å². The Labute approximate surface area is 185 Å². The largest absolute Gasteiger partial charge is 0.393 e. The van der Waals surface area contributed by atoms with Gasteiger partial charge in [-0.1, -0.05) is 17.7 Å². The summed E-state index contributed by atoms with van der Waals surface area (Å²) in [4.78, 5) is 25.3. The number of aliphatic hydroxyl groups excluding tert-OH is 1. The van der Waals surface area contributed by atoms with Crippen LogP contribution in [0.1, 0.15) is 46.8 Å². The van der Waals surface area contributed by atoms with Crippen LogP contribution < -0.4 is 10.6 Å². The number of rotatable bonds is 3. The Bertz CT molecular complexity index is 1080. The van der Waals surface area contributed by atoms with Gasteiger partial charge < -0.3 is 15.7 Å². The first kappa shape index (κ1) is 22.5. The van der Waals surface area contributed by atoms with E-state index in [9.17, 15) is 32.3 Å². The molecule has 1 heterocycles. The third kappa shape index (κ3) is 4.31. The summed E-state index contributed by atoms with van der Waals surface area (Å²) in [6, 6.07) is 7.40. The molecule has 0 spiro atoms. The summed E-state index contributed by atoms with van der Waals surface area (Å²) in [5.41, 5.74) is 1.08. The minimum atomic E-state index is -4.51. The van der Waals surface area contributed by atoms with Crippen LogP contribution in [0.4, 0.5) is 23.2 Å². The number of halogens is 5. The number of carbonyl (C=O) groups is 2. The summed E-state index contributed by atoms with van der Waals surface area (Å²) < 4.78 is 53.4. The topological polar surface area (TPSA) is 78.4 Å². The first-order valence-electron chi connectivity index (χ1n) is 9.99. The van der Waals surface area contributed by atoms with Crippen molar-refractivity contribution in [2.75, 3.05) is 5.32 Å². The molecule has 0 radical (unpaired) electrons. The van der Waals surface area contributed by atoms with Crippen molar-refractivity contribution >= 4 is 29.1 Å². The summed E-state index contributed by atoms with van der Waals surface area (Å²) in [5.74, 6) is -4.53. The SMILES string of the molecule is O=C1N[C@@H](c2cc(F)ccc2Cl)c2c(NC(=O)[C@@H]3C[C@@H](O)C[C@H](C(F)(F)F)C3)cccc21. The van der Waals surface area contributed by atoms with E-state index in [2.05, 4.69) is 10.6 Å². The van der Waals surface area contributed by atoms with Gasteiger partial charge in [-0.2, -0.15) is 13.2 Å². The molecular formula is C22H19ClF4N2O3. The van der Waals surface area contributed by atoms with Crippen LogP contribution in [-0.4, -0.2) is 29.2 Å². The zero-order valence-corrected chi connectivity index (χ0v) is 17.3. The molecule has 0 aromatic heterocycles. The van der Waals surface area contributed by atoms with Crippen molar-refractivity contribution in [3.8, 4) is 0 Å². The van der Waals surface area contributed by atoms with Gasteiger partial charge in [0.2, 0.25) is 5.91 Å². The molecule has 1 aliphatic carbocycles. The van der Waals surface area contributed by atoms with Crippen LogP contribution in [-0.2, 0) is 4.79 Å². The number of hydrogen-bond donors (Lipinski definition) is 3. The van der Waals surface area contributed by atoms with E-state index in [1.54, 1.807) is 0 Å². The maximum absolute atomic E-state index is 13.8. The molecule has 0 unspecified atom stereocenters. The van der Waals surface area contributed by atoms with Gasteiger partial charge in [-0.15, -0.1) is 0 Å². The van der Waals surface area contributed by atoms with Crippen molar-refractivity contribution < 1.29 is 32.3 Å². The molecule has 170 valence electrons. The molecule has 2 aliphatic rings. The Balaban J connectivity index is 1.64. The van der Waals surface area contributed by atoms with Crippen LogP contribution in [0, 0.1) is 17.7 Å². The summed E-state index contributed by atoms with van der Waals surface area (Å²) >= 11 is 6.21. The van der Waals surface area contributed by atoms with Gasteiger partial charge in [0.05, 0.1) is 18.1 Å². The second-order valence-corrected chi connectivity index (χ2v) is 8.53. The van der Waals surface area contributed by atoms with Crippen LogP contribution in [0.3, 0.4) is 0 Å². The molecular weight excluding hydrogens is 452 g/mol. The fourth-order valence-electron chi connectivity index (χ4n) is 4.44. The van der Waals surface area contributed by atoms with Crippen LogP contribution >= 0.6 is 11.6 Å². The summed E-state index contributed by atoms with van der Waals surface area (Å²) in [6.07, 6.45) is -6.72. The van der Waals surface area contributed by atoms with Crippen molar-refractivity contribution in [1.82, 2.24) is 5.32 Å². The van der Waals surface area contributed by atoms with Crippen molar-refractivity contribution in [2.45, 2.75) is 37.6 Å². The van der Waals surface area contributed by atoms with Gasteiger partial charge in [0, 0.05) is 33.3 Å². The third-order valence-electron chi connectivity index (χ3n) is 5.96. The van der Waals surface area contributed by atoms with E-state index in [1.807, 2.05) is 0 Å². The van der Waals surface area contributed by atoms with Crippen LogP contribution in [0.2, 0.25) is 5.02 Å². The second-order valence-electron chi connectivity index (χ2n) is 8.12. The summed E-state index contributed by atoms with van der Waals surface area (Å²) in [5, 5.41) is 15.4. The van der Waals surface area contributed by atoms with E-state index in [0.29, 0.717) is 5.56 Å². The van der Waals surface area contributed by atoms with Crippen molar-refractivity contribution in [3.05, 3.63) is 63.9 Å². The predicted octanol–water partition coefficient (Wildman–Crippen LogP) is 4.59. The Hall–Kier alpha value is -2.65. The van der Waals surface area contributed by atoms with E-state index in [4.69, 9.17) is 11.6 Å². The molecule has 2 aromatic rings. The summed E-state index contributed by atoms with van der Waals surface area (Å²) in [7, 11) is 0. The zero-order valence-electron chi connectivity index (χ0n) is 16.5. The number of nitrogens with one attached hydrogen (secondary N) is 2. The number of amides is 2. The lowest BCUT2D eigenvalue weighted by Crippen LogP contribution is -2.39. The van der Waals surface area contributed by atoms with E-state index in [1.165, 1.54) is 36.4 Å². The second kappa shape index (κ2) is 8.37. The maximum atomic E-state index is 13.8. The lowest BCUT2D eigenvalue weighted by molar-refractivity contribution is -0.194. The monoisotopic (exact) mass is 470 g/mol. The fourth-order valence-corrected chi connectivity index (χ4v) is 4.67. The molecule has 4 atom stereocenters. The normalized spacial score (nSPS) is 25.2. The molecule has 1 aliphatic heterocycles. The van der Waals surface area contributed by atoms with Gasteiger partial charge in [-0.3, -0.25) is 9.59 Å². The fraction of sp³-hybridized carbons (Fsp3) is 0.364. The number of anilines is 1. The Morgan fingerprint density at radius 2 is 1.91 bits per heavy atom. The number of fused-ring (bicyclic) bond motifs is 1.